The van der Waals surface area contributed by atoms with E-state index in [0.29, 0.717) is 0 Å². The van der Waals surface area contributed by atoms with Gasteiger partial charge in [-0.3, -0.25) is 0 Å². The van der Waals surface area contributed by atoms with E-state index >= 15 is 0 Å². The number of halogens is 4. The maximum absolute atomic E-state index is 12.0. The molecule has 0 spiro atoms. The predicted molar refractivity (Wildman–Crippen MR) is 69.4 cm³/mol. The summed E-state index contributed by atoms with van der Waals surface area (Å²) in [4.78, 5) is -0.197. The van der Waals surface area contributed by atoms with E-state index in [0.717, 1.165) is 0 Å². The molecule has 0 bridgehead atoms. The summed E-state index contributed by atoms with van der Waals surface area (Å²) in [5.74, 6) is -0.390. The number of anilines is 1. The smallest absolute Gasteiger partial charge is 0.398 e. The molecule has 114 valence electrons. The van der Waals surface area contributed by atoms with Crippen LogP contribution >= 0.6 is 11.6 Å². The lowest BCUT2D eigenvalue weighted by Gasteiger charge is -2.10. The van der Waals surface area contributed by atoms with Crippen LogP contribution in [-0.4, -0.2) is 33.6 Å². The van der Waals surface area contributed by atoms with Gasteiger partial charge in [-0.15, -0.1) is 0 Å². The van der Waals surface area contributed by atoms with E-state index in [2.05, 4.69) is 4.74 Å². The zero-order valence-corrected chi connectivity index (χ0v) is 11.9. The molecule has 0 radical (unpaired) electrons. The molecule has 20 heavy (non-hydrogen) atoms. The van der Waals surface area contributed by atoms with Crippen LogP contribution < -0.4 is 5.73 Å². The minimum Gasteiger partial charge on any atom is -0.398 e. The Kier molecular flexibility index (Phi) is 5.67. The summed E-state index contributed by atoms with van der Waals surface area (Å²) < 4.78 is 63.8. The van der Waals surface area contributed by atoms with Gasteiger partial charge in [0.05, 0.1) is 16.5 Å². The molecular weight excluding hydrogens is 319 g/mol. The van der Waals surface area contributed by atoms with Crippen molar-refractivity contribution in [2.45, 2.75) is 17.5 Å². The molecule has 0 atom stereocenters. The lowest BCUT2D eigenvalue weighted by molar-refractivity contribution is -0.173. The van der Waals surface area contributed by atoms with Gasteiger partial charge in [0.25, 0.3) is 0 Å². The second-order valence-corrected chi connectivity index (χ2v) is 6.45. The number of benzene rings is 1. The third-order valence-electron chi connectivity index (χ3n) is 2.28. The van der Waals surface area contributed by atoms with Crippen molar-refractivity contribution in [1.82, 2.24) is 0 Å². The Morgan fingerprint density at radius 1 is 1.30 bits per heavy atom. The Balaban J connectivity index is 2.59. The molecule has 1 aromatic rings. The van der Waals surface area contributed by atoms with Crippen molar-refractivity contribution in [2.75, 3.05) is 24.7 Å². The monoisotopic (exact) mass is 331 g/mol. The summed E-state index contributed by atoms with van der Waals surface area (Å²) in [5, 5.41) is -0.0128. The van der Waals surface area contributed by atoms with Crippen LogP contribution in [0.4, 0.5) is 18.9 Å². The van der Waals surface area contributed by atoms with Gasteiger partial charge in [0.15, 0.2) is 9.84 Å². The third-order valence-corrected chi connectivity index (χ3v) is 4.61. The molecule has 0 unspecified atom stereocenters. The predicted octanol–water partition coefficient (Wildman–Crippen LogP) is 2.66. The van der Waals surface area contributed by atoms with Crippen LogP contribution in [0.5, 0.6) is 0 Å². The SMILES string of the molecule is Nc1cccc(Cl)c1S(=O)(=O)CCCOCC(F)(F)F. The zero-order chi connectivity index (χ0) is 15.4. The molecule has 0 aromatic heterocycles. The Hall–Kier alpha value is -0.990. The van der Waals surface area contributed by atoms with Gasteiger partial charge in [-0.25, -0.2) is 8.42 Å². The Morgan fingerprint density at radius 3 is 2.50 bits per heavy atom. The van der Waals surface area contributed by atoms with E-state index in [1.165, 1.54) is 18.2 Å². The zero-order valence-electron chi connectivity index (χ0n) is 10.3. The standard InChI is InChI=1S/C11H13ClF3NO3S/c12-8-3-1-4-9(16)10(8)20(17,18)6-2-5-19-7-11(13,14)15/h1,3-4H,2,5-7,16H2. The molecular formula is C11H13ClF3NO3S. The molecule has 0 aliphatic rings. The van der Waals surface area contributed by atoms with Crippen molar-refractivity contribution < 1.29 is 26.3 Å². The minimum atomic E-state index is -4.42. The lowest BCUT2D eigenvalue weighted by atomic mass is 10.3. The number of hydrogen-bond acceptors (Lipinski definition) is 4. The molecule has 0 saturated heterocycles. The van der Waals surface area contributed by atoms with Crippen molar-refractivity contribution in [2.24, 2.45) is 0 Å². The third kappa shape index (κ3) is 5.18. The number of nitrogen functional groups attached to an aromatic ring is 1. The quantitative estimate of drug-likeness (QED) is 0.642. The largest absolute Gasteiger partial charge is 0.411 e. The Labute approximate surface area is 119 Å². The van der Waals surface area contributed by atoms with Gasteiger partial charge in [-0.2, -0.15) is 13.2 Å². The van der Waals surface area contributed by atoms with Gasteiger partial charge in [0.2, 0.25) is 0 Å². The fourth-order valence-corrected chi connectivity index (χ4v) is 3.52. The highest BCUT2D eigenvalue weighted by molar-refractivity contribution is 7.91. The van der Waals surface area contributed by atoms with Crippen LogP contribution in [0.25, 0.3) is 0 Å². The lowest BCUT2D eigenvalue weighted by Crippen LogP contribution is -2.18. The maximum Gasteiger partial charge on any atom is 0.411 e. The highest BCUT2D eigenvalue weighted by Gasteiger charge is 2.27. The van der Waals surface area contributed by atoms with Crippen molar-refractivity contribution in [3.8, 4) is 0 Å². The van der Waals surface area contributed by atoms with E-state index in [1.54, 1.807) is 0 Å². The molecule has 0 amide bonds. The van der Waals surface area contributed by atoms with Gasteiger partial charge in [-0.05, 0) is 18.6 Å². The molecule has 1 rings (SSSR count). The molecule has 0 saturated carbocycles. The van der Waals surface area contributed by atoms with E-state index in [1.807, 2.05) is 0 Å². The fourth-order valence-electron chi connectivity index (χ4n) is 1.49. The second kappa shape index (κ2) is 6.64. The molecule has 0 heterocycles. The summed E-state index contributed by atoms with van der Waals surface area (Å²) in [6, 6.07) is 4.27. The van der Waals surface area contributed by atoms with Crippen LogP contribution in [0.2, 0.25) is 5.02 Å². The average Bonchev–Trinajstić information content (AvgIpc) is 2.26. The van der Waals surface area contributed by atoms with Crippen molar-refractivity contribution >= 4 is 27.1 Å². The summed E-state index contributed by atoms with van der Waals surface area (Å²) in [7, 11) is -3.76. The normalized spacial score (nSPS) is 12.6. The summed E-state index contributed by atoms with van der Waals surface area (Å²) in [6.07, 6.45) is -4.50. The number of hydrogen-bond donors (Lipinski definition) is 1. The van der Waals surface area contributed by atoms with Gasteiger partial charge in [-0.1, -0.05) is 17.7 Å². The van der Waals surface area contributed by atoms with E-state index < -0.39 is 28.4 Å². The first kappa shape index (κ1) is 17.1. The van der Waals surface area contributed by atoms with Crippen molar-refractivity contribution in [3.63, 3.8) is 0 Å². The topological polar surface area (TPSA) is 69.4 Å². The number of nitrogens with two attached hydrogens (primary N) is 1. The first-order chi connectivity index (χ1) is 9.13. The highest BCUT2D eigenvalue weighted by atomic mass is 35.5. The van der Waals surface area contributed by atoms with Crippen LogP contribution in [-0.2, 0) is 14.6 Å². The minimum absolute atomic E-state index is 0.00806. The summed E-state index contributed by atoms with van der Waals surface area (Å²) in [6.45, 7) is -1.72. The number of sulfone groups is 1. The molecule has 0 fully saturated rings. The van der Waals surface area contributed by atoms with Gasteiger partial charge >= 0.3 is 6.18 Å². The van der Waals surface area contributed by atoms with Gasteiger partial charge in [0.1, 0.15) is 11.5 Å². The molecule has 0 aliphatic heterocycles. The Bertz CT molecular complexity index is 540. The van der Waals surface area contributed by atoms with Crippen LogP contribution in [0.15, 0.2) is 23.1 Å². The second-order valence-electron chi connectivity index (χ2n) is 4.00. The van der Waals surface area contributed by atoms with Gasteiger partial charge in [0, 0.05) is 6.61 Å². The molecule has 2 N–H and O–H groups in total. The van der Waals surface area contributed by atoms with Gasteiger partial charge < -0.3 is 10.5 Å². The number of rotatable bonds is 6. The summed E-state index contributed by atoms with van der Waals surface area (Å²) in [5.41, 5.74) is 5.56. The highest BCUT2D eigenvalue weighted by Crippen LogP contribution is 2.28. The fraction of sp³-hybridized carbons (Fsp3) is 0.455. The molecule has 4 nitrogen and oxygen atoms in total. The number of ether oxygens (including phenoxy) is 1. The van der Waals surface area contributed by atoms with E-state index in [4.69, 9.17) is 17.3 Å². The van der Waals surface area contributed by atoms with Crippen molar-refractivity contribution in [1.29, 1.82) is 0 Å². The summed E-state index contributed by atoms with van der Waals surface area (Å²) >= 11 is 5.77. The first-order valence-electron chi connectivity index (χ1n) is 5.55. The molecule has 9 heteroatoms. The maximum atomic E-state index is 12.0. The van der Waals surface area contributed by atoms with Crippen LogP contribution in [0.1, 0.15) is 6.42 Å². The first-order valence-corrected chi connectivity index (χ1v) is 7.58. The van der Waals surface area contributed by atoms with E-state index in [9.17, 15) is 21.6 Å². The molecule has 0 aliphatic carbocycles. The van der Waals surface area contributed by atoms with E-state index in [-0.39, 0.29) is 28.6 Å². The van der Waals surface area contributed by atoms with Crippen LogP contribution in [0.3, 0.4) is 0 Å². The molecule has 1 aromatic carbocycles. The Morgan fingerprint density at radius 2 is 1.95 bits per heavy atom. The van der Waals surface area contributed by atoms with Crippen LogP contribution in [0, 0.1) is 0 Å². The average molecular weight is 332 g/mol. The number of alkyl halides is 3. The van der Waals surface area contributed by atoms with Crippen molar-refractivity contribution in [3.05, 3.63) is 23.2 Å².